The molecule has 2 heterocycles. The van der Waals surface area contributed by atoms with Crippen LogP contribution < -0.4 is 14.8 Å². The van der Waals surface area contributed by atoms with Gasteiger partial charge in [-0.15, -0.1) is 0 Å². The largest absolute Gasteiger partial charge is 0.497 e. The molecule has 0 aliphatic carbocycles. The molecule has 0 radical (unpaired) electrons. The highest BCUT2D eigenvalue weighted by Crippen LogP contribution is 2.29. The second-order valence-corrected chi connectivity index (χ2v) is 5.40. The number of ether oxygens (including phenoxy) is 2. The summed E-state index contributed by atoms with van der Waals surface area (Å²) in [5.74, 6) is 3.46. The van der Waals surface area contributed by atoms with Crippen LogP contribution in [0.4, 0.5) is 5.69 Å². The number of fused-ring (bicyclic) bond motifs is 1. The van der Waals surface area contributed by atoms with Crippen LogP contribution in [0, 0.1) is 0 Å². The van der Waals surface area contributed by atoms with E-state index in [1.54, 1.807) is 14.2 Å². The van der Waals surface area contributed by atoms with Crippen molar-refractivity contribution in [2.75, 3.05) is 19.5 Å². The summed E-state index contributed by atoms with van der Waals surface area (Å²) < 4.78 is 12.6. The molecule has 0 saturated heterocycles. The first kappa shape index (κ1) is 14.7. The summed E-state index contributed by atoms with van der Waals surface area (Å²) in [5, 5.41) is 7.93. The maximum atomic E-state index is 5.39. The topological polar surface area (TPSA) is 61.2 Å². The molecule has 0 unspecified atom stereocenters. The molecule has 0 spiro atoms. The number of aromatic nitrogens is 3. The minimum absolute atomic E-state index is 0.586. The van der Waals surface area contributed by atoms with E-state index in [1.165, 1.54) is 19.3 Å². The monoisotopic (exact) mass is 302 g/mol. The Labute approximate surface area is 130 Å². The van der Waals surface area contributed by atoms with Crippen LogP contribution in [-0.4, -0.2) is 29.0 Å². The molecule has 0 atom stereocenters. The number of rotatable bonds is 5. The van der Waals surface area contributed by atoms with Gasteiger partial charge < -0.3 is 14.8 Å². The highest BCUT2D eigenvalue weighted by atomic mass is 16.5. The Bertz CT molecular complexity index is 616. The Hall–Kier alpha value is -2.24. The molecule has 1 aromatic heterocycles. The van der Waals surface area contributed by atoms with Crippen LogP contribution in [0.2, 0.25) is 0 Å². The summed E-state index contributed by atoms with van der Waals surface area (Å²) in [6.07, 6.45) is 4.69. The van der Waals surface area contributed by atoms with Crippen molar-refractivity contribution in [1.29, 1.82) is 0 Å². The normalized spacial score (nSPS) is 14.1. The lowest BCUT2D eigenvalue weighted by atomic mass is 10.2. The lowest BCUT2D eigenvalue weighted by Gasteiger charge is -2.11. The van der Waals surface area contributed by atoms with Gasteiger partial charge in [0.15, 0.2) is 5.82 Å². The van der Waals surface area contributed by atoms with Crippen molar-refractivity contribution in [2.24, 2.45) is 0 Å². The van der Waals surface area contributed by atoms with Crippen LogP contribution in [0.5, 0.6) is 11.5 Å². The fraction of sp³-hybridized carbons (Fsp3) is 0.500. The molecule has 0 saturated carbocycles. The molecule has 0 amide bonds. The molecule has 2 aromatic rings. The van der Waals surface area contributed by atoms with Crippen molar-refractivity contribution < 1.29 is 9.47 Å². The quantitative estimate of drug-likeness (QED) is 0.920. The smallest absolute Gasteiger partial charge is 0.169 e. The molecule has 1 aliphatic rings. The van der Waals surface area contributed by atoms with Gasteiger partial charge in [0.25, 0.3) is 0 Å². The fourth-order valence-corrected chi connectivity index (χ4v) is 2.71. The van der Waals surface area contributed by atoms with Crippen LogP contribution in [0.15, 0.2) is 18.2 Å². The van der Waals surface area contributed by atoms with Crippen molar-refractivity contribution in [2.45, 2.75) is 38.8 Å². The van der Waals surface area contributed by atoms with Crippen LogP contribution >= 0.6 is 0 Å². The lowest BCUT2D eigenvalue weighted by molar-refractivity contribution is 0.395. The average Bonchev–Trinajstić information content (AvgIpc) is 2.82. The van der Waals surface area contributed by atoms with Crippen molar-refractivity contribution in [3.8, 4) is 11.5 Å². The van der Waals surface area contributed by atoms with E-state index in [9.17, 15) is 0 Å². The van der Waals surface area contributed by atoms with E-state index in [0.29, 0.717) is 6.54 Å². The first-order chi connectivity index (χ1) is 10.8. The predicted molar refractivity (Wildman–Crippen MR) is 84.4 cm³/mol. The first-order valence-corrected chi connectivity index (χ1v) is 7.68. The van der Waals surface area contributed by atoms with Crippen molar-refractivity contribution in [1.82, 2.24) is 14.8 Å². The van der Waals surface area contributed by atoms with Gasteiger partial charge in [-0.25, -0.2) is 9.67 Å². The Morgan fingerprint density at radius 3 is 2.91 bits per heavy atom. The molecule has 0 bridgehead atoms. The van der Waals surface area contributed by atoms with E-state index in [1.807, 2.05) is 18.2 Å². The number of anilines is 1. The maximum Gasteiger partial charge on any atom is 0.169 e. The van der Waals surface area contributed by atoms with E-state index in [-0.39, 0.29) is 0 Å². The van der Waals surface area contributed by atoms with Gasteiger partial charge in [0.1, 0.15) is 17.3 Å². The predicted octanol–water partition coefficient (Wildman–Crippen LogP) is 2.63. The molecule has 0 fully saturated rings. The van der Waals surface area contributed by atoms with Crippen LogP contribution in [-0.2, 0) is 19.5 Å². The van der Waals surface area contributed by atoms with Gasteiger partial charge in [-0.2, -0.15) is 5.10 Å². The number of benzene rings is 1. The minimum atomic E-state index is 0.586. The Morgan fingerprint density at radius 2 is 2.09 bits per heavy atom. The standard InChI is InChI=1S/C16H22N4O2/c1-21-12-7-8-13(14(10-12)22-2)17-11-15-18-16-6-4-3-5-9-20(16)19-15/h7-8,10,17H,3-6,9,11H2,1-2H3. The first-order valence-electron chi connectivity index (χ1n) is 7.68. The zero-order chi connectivity index (χ0) is 15.4. The molecule has 1 aliphatic heterocycles. The van der Waals surface area contributed by atoms with Gasteiger partial charge in [-0.3, -0.25) is 0 Å². The lowest BCUT2D eigenvalue weighted by Crippen LogP contribution is -2.05. The summed E-state index contributed by atoms with van der Waals surface area (Å²) >= 11 is 0. The summed E-state index contributed by atoms with van der Waals surface area (Å²) in [6.45, 7) is 1.57. The maximum absolute atomic E-state index is 5.39. The van der Waals surface area contributed by atoms with E-state index in [0.717, 1.165) is 41.8 Å². The van der Waals surface area contributed by atoms with Crippen LogP contribution in [0.1, 0.15) is 30.9 Å². The molecule has 3 rings (SSSR count). The Kier molecular flexibility index (Phi) is 4.46. The van der Waals surface area contributed by atoms with Gasteiger partial charge in [-0.05, 0) is 25.0 Å². The summed E-state index contributed by atoms with van der Waals surface area (Å²) in [4.78, 5) is 4.64. The average molecular weight is 302 g/mol. The van der Waals surface area contributed by atoms with Crippen LogP contribution in [0.25, 0.3) is 0 Å². The molecule has 1 N–H and O–H groups in total. The minimum Gasteiger partial charge on any atom is -0.497 e. The highest BCUT2D eigenvalue weighted by Gasteiger charge is 2.13. The molecule has 6 heteroatoms. The molecule has 1 aromatic carbocycles. The summed E-state index contributed by atoms with van der Waals surface area (Å²) in [7, 11) is 3.29. The summed E-state index contributed by atoms with van der Waals surface area (Å²) in [6, 6.07) is 5.71. The number of hydrogen-bond donors (Lipinski definition) is 1. The zero-order valence-corrected chi connectivity index (χ0v) is 13.1. The van der Waals surface area contributed by atoms with E-state index < -0.39 is 0 Å². The zero-order valence-electron chi connectivity index (χ0n) is 13.1. The molecular weight excluding hydrogens is 280 g/mol. The Morgan fingerprint density at radius 1 is 1.18 bits per heavy atom. The van der Waals surface area contributed by atoms with Crippen molar-refractivity contribution in [3.05, 3.63) is 29.8 Å². The van der Waals surface area contributed by atoms with Gasteiger partial charge in [0.05, 0.1) is 26.5 Å². The van der Waals surface area contributed by atoms with Crippen LogP contribution in [0.3, 0.4) is 0 Å². The molecular formula is C16H22N4O2. The van der Waals surface area contributed by atoms with Gasteiger partial charge in [-0.1, -0.05) is 6.42 Å². The summed E-state index contributed by atoms with van der Waals surface area (Å²) in [5.41, 5.74) is 0.910. The highest BCUT2D eigenvalue weighted by molar-refractivity contribution is 5.59. The third-order valence-corrected chi connectivity index (χ3v) is 3.91. The van der Waals surface area contributed by atoms with E-state index >= 15 is 0 Å². The molecule has 118 valence electrons. The number of methoxy groups -OCH3 is 2. The third-order valence-electron chi connectivity index (χ3n) is 3.91. The number of hydrogen-bond acceptors (Lipinski definition) is 5. The van der Waals surface area contributed by atoms with Gasteiger partial charge >= 0.3 is 0 Å². The Balaban J connectivity index is 1.70. The van der Waals surface area contributed by atoms with Gasteiger partial charge in [0.2, 0.25) is 0 Å². The van der Waals surface area contributed by atoms with E-state index in [2.05, 4.69) is 20.1 Å². The number of nitrogens with zero attached hydrogens (tertiary/aromatic N) is 3. The number of nitrogens with one attached hydrogen (secondary N) is 1. The second-order valence-electron chi connectivity index (χ2n) is 5.40. The SMILES string of the molecule is COc1ccc(NCc2nc3n(n2)CCCCC3)c(OC)c1. The third kappa shape index (κ3) is 3.16. The van der Waals surface area contributed by atoms with Gasteiger partial charge in [0, 0.05) is 19.0 Å². The second kappa shape index (κ2) is 6.68. The van der Waals surface area contributed by atoms with E-state index in [4.69, 9.17) is 9.47 Å². The fourth-order valence-electron chi connectivity index (χ4n) is 2.71. The number of aryl methyl sites for hydroxylation is 2. The molecule has 22 heavy (non-hydrogen) atoms. The van der Waals surface area contributed by atoms with Crippen molar-refractivity contribution >= 4 is 5.69 Å². The van der Waals surface area contributed by atoms with Crippen molar-refractivity contribution in [3.63, 3.8) is 0 Å². The molecule has 6 nitrogen and oxygen atoms in total.